The van der Waals surface area contributed by atoms with Crippen molar-refractivity contribution in [3.8, 4) is 10.7 Å². The van der Waals surface area contributed by atoms with E-state index in [0.29, 0.717) is 20.8 Å². The van der Waals surface area contributed by atoms with Crippen LogP contribution in [0.2, 0.25) is 5.15 Å². The Morgan fingerprint density at radius 2 is 2.17 bits per heavy atom. The van der Waals surface area contributed by atoms with Gasteiger partial charge in [-0.1, -0.05) is 28.6 Å². The quantitative estimate of drug-likeness (QED) is 0.287. The SMILES string of the molecule is C[C@@H](O)C(CO)OC(Sc1cncc(Br)c1)[C@@H](O)n1cc(-c2nc(Cl)cs2)nn1. The molecule has 4 atom stereocenters. The molecule has 0 spiro atoms. The standard InChI is InChI=1S/C16H17BrClN5O4S2/c1-8(25)12(6-24)27-16(29-10-2-9(17)3-19-4-10)15(26)23-5-11(21-22-23)14-20-13(18)7-28-14/h2-5,7-8,12,15-16,24-26H,6H2,1H3/t8-,12?,15-,16?/m1/s1. The fraction of sp³-hybridized carbons (Fsp3) is 0.375. The van der Waals surface area contributed by atoms with E-state index in [1.54, 1.807) is 23.8 Å². The summed E-state index contributed by atoms with van der Waals surface area (Å²) in [5.74, 6) is 0. The lowest BCUT2D eigenvalue weighted by Crippen LogP contribution is -2.36. The van der Waals surface area contributed by atoms with Crippen molar-refractivity contribution in [3.63, 3.8) is 0 Å². The lowest BCUT2D eigenvalue weighted by atomic mass is 10.2. The molecule has 0 saturated heterocycles. The van der Waals surface area contributed by atoms with Gasteiger partial charge in [0.2, 0.25) is 0 Å². The smallest absolute Gasteiger partial charge is 0.184 e. The molecule has 29 heavy (non-hydrogen) atoms. The van der Waals surface area contributed by atoms with E-state index in [4.69, 9.17) is 16.3 Å². The van der Waals surface area contributed by atoms with Gasteiger partial charge in [0.05, 0.1) is 18.9 Å². The number of nitrogens with zero attached hydrogens (tertiary/aromatic N) is 5. The van der Waals surface area contributed by atoms with Crippen LogP contribution in [0, 0.1) is 0 Å². The van der Waals surface area contributed by atoms with Crippen LogP contribution in [0.1, 0.15) is 13.2 Å². The van der Waals surface area contributed by atoms with E-state index in [1.807, 2.05) is 0 Å². The Bertz CT molecular complexity index is 943. The van der Waals surface area contributed by atoms with Crippen LogP contribution in [0.5, 0.6) is 0 Å². The van der Waals surface area contributed by atoms with Crippen molar-refractivity contribution in [1.29, 1.82) is 0 Å². The summed E-state index contributed by atoms with van der Waals surface area (Å²) < 4.78 is 7.77. The van der Waals surface area contributed by atoms with Gasteiger partial charge in [-0.25, -0.2) is 9.67 Å². The maximum absolute atomic E-state index is 10.9. The minimum absolute atomic E-state index is 0.349. The Morgan fingerprint density at radius 3 is 2.79 bits per heavy atom. The van der Waals surface area contributed by atoms with Crippen LogP contribution < -0.4 is 0 Å². The van der Waals surface area contributed by atoms with E-state index in [1.165, 1.54) is 40.9 Å². The van der Waals surface area contributed by atoms with Crippen molar-refractivity contribution in [2.24, 2.45) is 0 Å². The van der Waals surface area contributed by atoms with Gasteiger partial charge < -0.3 is 20.1 Å². The molecule has 0 fully saturated rings. The van der Waals surface area contributed by atoms with Gasteiger partial charge in [-0.15, -0.1) is 16.4 Å². The molecule has 156 valence electrons. The van der Waals surface area contributed by atoms with E-state index in [2.05, 4.69) is 36.2 Å². The van der Waals surface area contributed by atoms with Gasteiger partial charge in [-0.3, -0.25) is 4.98 Å². The number of aromatic nitrogens is 5. The minimum Gasteiger partial charge on any atom is -0.394 e. The predicted octanol–water partition coefficient (Wildman–Crippen LogP) is 2.58. The van der Waals surface area contributed by atoms with E-state index >= 15 is 0 Å². The maximum atomic E-state index is 10.9. The van der Waals surface area contributed by atoms with Crippen LogP contribution in [0.25, 0.3) is 10.7 Å². The second-order valence-electron chi connectivity index (χ2n) is 5.90. The fourth-order valence-corrected chi connectivity index (χ4v) is 4.67. The molecule has 0 radical (unpaired) electrons. The summed E-state index contributed by atoms with van der Waals surface area (Å²) in [7, 11) is 0. The molecule has 3 aromatic rings. The fourth-order valence-electron chi connectivity index (χ4n) is 2.23. The molecule has 0 aliphatic carbocycles. The Morgan fingerprint density at radius 1 is 1.38 bits per heavy atom. The summed E-state index contributed by atoms with van der Waals surface area (Å²) in [5, 5.41) is 40.8. The summed E-state index contributed by atoms with van der Waals surface area (Å²) in [4.78, 5) is 8.93. The lowest BCUT2D eigenvalue weighted by Gasteiger charge is -2.28. The van der Waals surface area contributed by atoms with Gasteiger partial charge in [0.1, 0.15) is 22.0 Å². The molecule has 2 unspecified atom stereocenters. The highest BCUT2D eigenvalue weighted by Crippen LogP contribution is 2.33. The molecule has 9 nitrogen and oxygen atoms in total. The topological polar surface area (TPSA) is 126 Å². The van der Waals surface area contributed by atoms with Crippen LogP contribution in [-0.2, 0) is 4.74 Å². The van der Waals surface area contributed by atoms with Crippen LogP contribution in [-0.4, -0.2) is 64.5 Å². The van der Waals surface area contributed by atoms with Crippen molar-refractivity contribution >= 4 is 50.6 Å². The Hall–Kier alpha value is -1.12. The number of halogens is 2. The summed E-state index contributed by atoms with van der Waals surface area (Å²) in [6.45, 7) is 1.08. The van der Waals surface area contributed by atoms with Gasteiger partial charge in [-0.05, 0) is 28.9 Å². The molecule has 3 N–H and O–H groups in total. The number of thiazole rings is 1. The zero-order chi connectivity index (χ0) is 21.0. The number of aliphatic hydroxyl groups is 3. The number of ether oxygens (including phenoxy) is 1. The lowest BCUT2D eigenvalue weighted by molar-refractivity contribution is -0.113. The van der Waals surface area contributed by atoms with Gasteiger partial charge in [0.25, 0.3) is 0 Å². The third-order valence-electron chi connectivity index (χ3n) is 3.68. The second kappa shape index (κ2) is 10.3. The molecular formula is C16H17BrClN5O4S2. The zero-order valence-corrected chi connectivity index (χ0v) is 18.9. The van der Waals surface area contributed by atoms with Gasteiger partial charge in [0, 0.05) is 27.1 Å². The number of rotatable bonds is 9. The molecule has 0 aromatic carbocycles. The second-order valence-corrected chi connectivity index (χ2v) is 9.23. The molecule has 3 rings (SSSR count). The highest BCUT2D eigenvalue weighted by Gasteiger charge is 2.29. The first-order chi connectivity index (χ1) is 13.9. The number of thioether (sulfide) groups is 1. The molecule has 0 amide bonds. The summed E-state index contributed by atoms with van der Waals surface area (Å²) >= 11 is 11.7. The molecule has 0 bridgehead atoms. The first kappa shape index (κ1) is 22.6. The number of aliphatic hydroxyl groups excluding tert-OH is 3. The molecule has 0 saturated carbocycles. The predicted molar refractivity (Wildman–Crippen MR) is 113 cm³/mol. The summed E-state index contributed by atoms with van der Waals surface area (Å²) in [5.41, 5.74) is -0.477. The summed E-state index contributed by atoms with van der Waals surface area (Å²) in [6, 6.07) is 1.81. The maximum Gasteiger partial charge on any atom is 0.184 e. The Labute approximate surface area is 187 Å². The highest BCUT2D eigenvalue weighted by atomic mass is 79.9. The van der Waals surface area contributed by atoms with E-state index in [-0.39, 0.29) is 0 Å². The molecular weight excluding hydrogens is 506 g/mol. The van der Waals surface area contributed by atoms with Crippen LogP contribution in [0.4, 0.5) is 0 Å². The van der Waals surface area contributed by atoms with Gasteiger partial charge in [0.15, 0.2) is 11.7 Å². The number of hydrogen-bond donors (Lipinski definition) is 3. The van der Waals surface area contributed by atoms with Crippen molar-refractivity contribution in [1.82, 2.24) is 25.0 Å². The molecule has 3 aromatic heterocycles. The Kier molecular flexibility index (Phi) is 7.99. The Balaban J connectivity index is 1.84. The minimum atomic E-state index is -1.27. The first-order valence-corrected chi connectivity index (χ1v) is 11.2. The number of pyridine rings is 1. The van der Waals surface area contributed by atoms with E-state index in [0.717, 1.165) is 4.47 Å². The van der Waals surface area contributed by atoms with Gasteiger partial charge in [-0.2, -0.15) is 0 Å². The van der Waals surface area contributed by atoms with Crippen LogP contribution in [0.3, 0.4) is 0 Å². The van der Waals surface area contributed by atoms with Crippen molar-refractivity contribution < 1.29 is 20.1 Å². The highest BCUT2D eigenvalue weighted by molar-refractivity contribution is 9.10. The first-order valence-electron chi connectivity index (χ1n) is 8.30. The molecule has 3 heterocycles. The molecule has 13 heteroatoms. The van der Waals surface area contributed by atoms with Crippen LogP contribution >= 0.6 is 50.6 Å². The molecule has 0 aliphatic heterocycles. The molecule has 0 aliphatic rings. The zero-order valence-electron chi connectivity index (χ0n) is 15.0. The largest absolute Gasteiger partial charge is 0.394 e. The average molecular weight is 523 g/mol. The normalized spacial score (nSPS) is 15.8. The van der Waals surface area contributed by atoms with Crippen molar-refractivity contribution in [2.45, 2.75) is 35.7 Å². The van der Waals surface area contributed by atoms with Crippen molar-refractivity contribution in [2.75, 3.05) is 6.61 Å². The van der Waals surface area contributed by atoms with Crippen molar-refractivity contribution in [3.05, 3.63) is 39.7 Å². The van der Waals surface area contributed by atoms with E-state index < -0.39 is 30.5 Å². The van der Waals surface area contributed by atoms with Crippen LogP contribution in [0.15, 0.2) is 39.4 Å². The van der Waals surface area contributed by atoms with E-state index in [9.17, 15) is 15.3 Å². The third-order valence-corrected chi connectivity index (χ3v) is 6.38. The summed E-state index contributed by atoms with van der Waals surface area (Å²) in [6.07, 6.45) is 1.64. The third kappa shape index (κ3) is 5.95. The monoisotopic (exact) mass is 521 g/mol. The number of hydrogen-bond acceptors (Lipinski definition) is 10. The van der Waals surface area contributed by atoms with Gasteiger partial charge >= 0.3 is 0 Å². The average Bonchev–Trinajstić information content (AvgIpc) is 3.33.